The van der Waals surface area contributed by atoms with Crippen LogP contribution in [0.1, 0.15) is 67.4 Å². The highest BCUT2D eigenvalue weighted by Gasteiger charge is 2.42. The van der Waals surface area contributed by atoms with Crippen molar-refractivity contribution in [3.63, 3.8) is 0 Å². The first kappa shape index (κ1) is 23.1. The number of nitrogens with zero attached hydrogens (tertiary/aromatic N) is 2. The third-order valence-electron chi connectivity index (χ3n) is 6.44. The molecule has 2 aliphatic rings. The molecule has 1 unspecified atom stereocenters. The summed E-state index contributed by atoms with van der Waals surface area (Å²) in [6.45, 7) is 4.19. The predicted octanol–water partition coefficient (Wildman–Crippen LogP) is 5.44. The number of carbonyl (C=O) groups is 1. The van der Waals surface area contributed by atoms with E-state index >= 15 is 0 Å². The van der Waals surface area contributed by atoms with E-state index in [1.807, 2.05) is 6.92 Å². The summed E-state index contributed by atoms with van der Waals surface area (Å²) in [7, 11) is 0. The number of nitrogens with one attached hydrogen (secondary N) is 3. The molecule has 8 heteroatoms. The molecule has 6 nitrogen and oxygen atoms in total. The Kier molecular flexibility index (Phi) is 7.40. The van der Waals surface area contributed by atoms with E-state index in [0.29, 0.717) is 11.8 Å². The van der Waals surface area contributed by atoms with Gasteiger partial charge in [0.2, 0.25) is 5.95 Å². The summed E-state index contributed by atoms with van der Waals surface area (Å²) in [4.78, 5) is 21.5. The summed E-state index contributed by atoms with van der Waals surface area (Å²) < 4.78 is 14.5. The number of piperidine rings is 1. The predicted molar refractivity (Wildman–Crippen MR) is 128 cm³/mol. The van der Waals surface area contributed by atoms with Crippen LogP contribution in [0.25, 0.3) is 0 Å². The molecule has 1 aliphatic heterocycles. The summed E-state index contributed by atoms with van der Waals surface area (Å²) in [5, 5.41) is 9.72. The van der Waals surface area contributed by atoms with Gasteiger partial charge in [0.25, 0.3) is 5.91 Å². The van der Waals surface area contributed by atoms with Crippen LogP contribution in [0.3, 0.4) is 0 Å². The van der Waals surface area contributed by atoms with E-state index in [2.05, 4.69) is 41.8 Å². The molecular weight excluding hydrogens is 473 g/mol. The standard InChI is InChI=1S/C24H31BrFN5O/c1-16-14-20(29-22(32)18-8-4-9-19(25)21(18)26)30-23(28-16)31-24(11-12-24)10-3-2-6-17-7-5-13-27-15-17/h4,8-9,14,17,27H,2-3,5-7,10-13,15H2,1H3,(H2,28,29,30,31,32). The minimum absolute atomic E-state index is 0.0306. The number of aromatic nitrogens is 2. The van der Waals surface area contributed by atoms with Gasteiger partial charge in [-0.25, -0.2) is 9.37 Å². The first-order valence-electron chi connectivity index (χ1n) is 11.5. The van der Waals surface area contributed by atoms with E-state index in [0.717, 1.165) is 30.9 Å². The van der Waals surface area contributed by atoms with Crippen LogP contribution in [0.4, 0.5) is 16.2 Å². The van der Waals surface area contributed by atoms with E-state index in [1.54, 1.807) is 18.2 Å². The molecule has 32 heavy (non-hydrogen) atoms. The van der Waals surface area contributed by atoms with Gasteiger partial charge >= 0.3 is 0 Å². The van der Waals surface area contributed by atoms with Gasteiger partial charge in [0.1, 0.15) is 11.6 Å². The maximum atomic E-state index is 14.3. The van der Waals surface area contributed by atoms with Crippen molar-refractivity contribution >= 4 is 33.6 Å². The number of aryl methyl sites for hydroxylation is 1. The molecule has 172 valence electrons. The van der Waals surface area contributed by atoms with Crippen molar-refractivity contribution in [2.75, 3.05) is 23.7 Å². The Morgan fingerprint density at radius 3 is 2.91 bits per heavy atom. The lowest BCUT2D eigenvalue weighted by molar-refractivity contribution is 0.102. The molecule has 2 fully saturated rings. The van der Waals surface area contributed by atoms with E-state index < -0.39 is 11.7 Å². The zero-order valence-corrected chi connectivity index (χ0v) is 20.1. The quantitative estimate of drug-likeness (QED) is 0.396. The van der Waals surface area contributed by atoms with Crippen LogP contribution in [0.15, 0.2) is 28.7 Å². The topological polar surface area (TPSA) is 78.9 Å². The zero-order valence-electron chi connectivity index (χ0n) is 18.5. The lowest BCUT2D eigenvalue weighted by Gasteiger charge is -2.23. The van der Waals surface area contributed by atoms with E-state index in [1.165, 1.54) is 51.3 Å². The number of anilines is 2. The van der Waals surface area contributed by atoms with Gasteiger partial charge in [-0.2, -0.15) is 4.98 Å². The molecule has 1 saturated carbocycles. The molecule has 0 radical (unpaired) electrons. The van der Waals surface area contributed by atoms with Crippen LogP contribution in [-0.4, -0.2) is 34.5 Å². The van der Waals surface area contributed by atoms with Crippen LogP contribution in [0.5, 0.6) is 0 Å². The summed E-state index contributed by atoms with van der Waals surface area (Å²) in [5.74, 6) is 0.587. The van der Waals surface area contributed by atoms with E-state index in [9.17, 15) is 9.18 Å². The monoisotopic (exact) mass is 503 g/mol. The van der Waals surface area contributed by atoms with Gasteiger partial charge < -0.3 is 16.0 Å². The Bertz CT molecular complexity index is 959. The number of amides is 1. The Labute approximate surface area is 197 Å². The van der Waals surface area contributed by atoms with Crippen molar-refractivity contribution in [3.05, 3.63) is 45.8 Å². The number of unbranched alkanes of at least 4 members (excludes halogenated alkanes) is 1. The molecule has 2 aromatic rings. The third-order valence-corrected chi connectivity index (χ3v) is 7.05. The molecule has 3 N–H and O–H groups in total. The summed E-state index contributed by atoms with van der Waals surface area (Å²) in [6.07, 6.45) is 9.73. The lowest BCUT2D eigenvalue weighted by atomic mass is 9.93. The highest BCUT2D eigenvalue weighted by atomic mass is 79.9. The normalized spacial score (nSPS) is 19.4. The lowest BCUT2D eigenvalue weighted by Crippen LogP contribution is -2.29. The van der Waals surface area contributed by atoms with Crippen LogP contribution in [0.2, 0.25) is 0 Å². The Morgan fingerprint density at radius 2 is 2.16 bits per heavy atom. The second-order valence-electron chi connectivity index (χ2n) is 9.14. The highest BCUT2D eigenvalue weighted by Crippen LogP contribution is 2.43. The SMILES string of the molecule is Cc1cc(NC(=O)c2cccc(Br)c2F)nc(NC2(CCCCC3CCCNC3)CC2)n1. The molecule has 1 amide bonds. The maximum absolute atomic E-state index is 14.3. The first-order valence-corrected chi connectivity index (χ1v) is 12.3. The third kappa shape index (κ3) is 6.04. The number of carbonyl (C=O) groups excluding carboxylic acids is 1. The van der Waals surface area contributed by atoms with Gasteiger partial charge in [-0.15, -0.1) is 0 Å². The smallest absolute Gasteiger partial charge is 0.259 e. The average Bonchev–Trinajstić information content (AvgIpc) is 3.52. The van der Waals surface area contributed by atoms with Gasteiger partial charge in [0.05, 0.1) is 10.0 Å². The van der Waals surface area contributed by atoms with Crippen molar-refractivity contribution in [1.82, 2.24) is 15.3 Å². The van der Waals surface area contributed by atoms with Crippen molar-refractivity contribution in [1.29, 1.82) is 0 Å². The van der Waals surface area contributed by atoms with Crippen molar-refractivity contribution in [2.24, 2.45) is 5.92 Å². The van der Waals surface area contributed by atoms with Crippen molar-refractivity contribution < 1.29 is 9.18 Å². The molecule has 1 saturated heterocycles. The fourth-order valence-electron chi connectivity index (χ4n) is 4.44. The van der Waals surface area contributed by atoms with E-state index in [-0.39, 0.29) is 15.6 Å². The number of hydrogen-bond acceptors (Lipinski definition) is 5. The Balaban J connectivity index is 1.33. The number of benzene rings is 1. The van der Waals surface area contributed by atoms with Gasteiger partial charge in [-0.1, -0.05) is 18.9 Å². The number of rotatable bonds is 9. The maximum Gasteiger partial charge on any atom is 0.259 e. The fraction of sp³-hybridized carbons (Fsp3) is 0.542. The minimum Gasteiger partial charge on any atom is -0.349 e. The summed E-state index contributed by atoms with van der Waals surface area (Å²) in [5.41, 5.74) is 0.779. The van der Waals surface area contributed by atoms with E-state index in [4.69, 9.17) is 0 Å². The fourth-order valence-corrected chi connectivity index (χ4v) is 4.81. The van der Waals surface area contributed by atoms with Crippen molar-refractivity contribution in [3.8, 4) is 0 Å². The largest absolute Gasteiger partial charge is 0.349 e. The number of halogens is 2. The number of hydrogen-bond donors (Lipinski definition) is 3. The van der Waals surface area contributed by atoms with Crippen molar-refractivity contribution in [2.45, 2.75) is 63.8 Å². The minimum atomic E-state index is -0.588. The molecule has 1 aromatic carbocycles. The van der Waals surface area contributed by atoms with Crippen LogP contribution in [0, 0.1) is 18.7 Å². The molecule has 1 atom stereocenters. The molecule has 0 spiro atoms. The molecule has 1 aromatic heterocycles. The zero-order chi connectivity index (χ0) is 22.6. The summed E-state index contributed by atoms with van der Waals surface area (Å²) >= 11 is 3.12. The van der Waals surface area contributed by atoms with Crippen LogP contribution in [-0.2, 0) is 0 Å². The second kappa shape index (κ2) is 10.3. The van der Waals surface area contributed by atoms with Gasteiger partial charge in [-0.05, 0) is 92.5 Å². The van der Waals surface area contributed by atoms with Crippen LogP contribution < -0.4 is 16.0 Å². The average molecular weight is 504 g/mol. The molecule has 4 rings (SSSR count). The first-order chi connectivity index (χ1) is 15.4. The Morgan fingerprint density at radius 1 is 1.31 bits per heavy atom. The van der Waals surface area contributed by atoms with Gasteiger partial charge in [0, 0.05) is 17.3 Å². The van der Waals surface area contributed by atoms with Crippen LogP contribution >= 0.6 is 15.9 Å². The second-order valence-corrected chi connectivity index (χ2v) is 9.99. The summed E-state index contributed by atoms with van der Waals surface area (Å²) in [6, 6.07) is 6.33. The molecule has 2 heterocycles. The highest BCUT2D eigenvalue weighted by molar-refractivity contribution is 9.10. The van der Waals surface area contributed by atoms with Gasteiger partial charge in [-0.3, -0.25) is 4.79 Å². The van der Waals surface area contributed by atoms with Gasteiger partial charge in [0.15, 0.2) is 0 Å². The molecule has 1 aliphatic carbocycles. The molecule has 0 bridgehead atoms. The molecular formula is C24H31BrFN5O. The Hall–Kier alpha value is -2.06.